The van der Waals surface area contributed by atoms with Gasteiger partial charge in [0.05, 0.1) is 0 Å². The van der Waals surface area contributed by atoms with Gasteiger partial charge in [0.15, 0.2) is 0 Å². The summed E-state index contributed by atoms with van der Waals surface area (Å²) in [6.07, 6.45) is 0.913. The number of halogens is 2. The van der Waals surface area contributed by atoms with Crippen LogP contribution in [0, 0.1) is 11.7 Å². The van der Waals surface area contributed by atoms with Crippen LogP contribution >= 0.6 is 11.6 Å². The van der Waals surface area contributed by atoms with E-state index in [9.17, 15) is 9.18 Å². The normalized spacial score (nSPS) is 19.7. The number of carbonyl (C=O) groups excluding carboxylic acids is 1. The molecular formula is C17H24ClFN2O2. The third-order valence-corrected chi connectivity index (χ3v) is 4.19. The number of hydrogen-bond donors (Lipinski definition) is 1. The van der Waals surface area contributed by atoms with Crippen molar-refractivity contribution >= 4 is 17.7 Å². The van der Waals surface area contributed by atoms with E-state index in [4.69, 9.17) is 22.1 Å². The Morgan fingerprint density at radius 1 is 1.52 bits per heavy atom. The van der Waals surface area contributed by atoms with Crippen molar-refractivity contribution in [3.8, 4) is 0 Å². The highest BCUT2D eigenvalue weighted by molar-refractivity contribution is 6.30. The Morgan fingerprint density at radius 3 is 2.83 bits per heavy atom. The van der Waals surface area contributed by atoms with Gasteiger partial charge in [-0.05, 0) is 57.2 Å². The van der Waals surface area contributed by atoms with Crippen molar-refractivity contribution in [1.29, 1.82) is 0 Å². The average Bonchev–Trinajstić information content (AvgIpc) is 2.90. The zero-order chi connectivity index (χ0) is 17.2. The summed E-state index contributed by atoms with van der Waals surface area (Å²) in [5.41, 5.74) is 6.27. The highest BCUT2D eigenvalue weighted by Gasteiger charge is 2.32. The number of nitrogens with zero attached hydrogens (tertiary/aromatic N) is 1. The fourth-order valence-corrected chi connectivity index (χ4v) is 2.90. The lowest BCUT2D eigenvalue weighted by molar-refractivity contribution is 0.0286. The first-order valence-electron chi connectivity index (χ1n) is 7.83. The van der Waals surface area contributed by atoms with Gasteiger partial charge in [-0.1, -0.05) is 17.7 Å². The predicted molar refractivity (Wildman–Crippen MR) is 89.0 cm³/mol. The standard InChI is InChI=1S/C17H24ClFN2O2/c1-17(2,3)23-16(22)21-7-6-12(10-21)15(20)8-11-4-5-13(18)9-14(11)19/h4-5,9,12,15H,6-8,10,20H2,1-3H3. The number of nitrogens with two attached hydrogens (primary N) is 1. The molecule has 1 aromatic rings. The lowest BCUT2D eigenvalue weighted by Gasteiger charge is -2.25. The monoisotopic (exact) mass is 342 g/mol. The zero-order valence-corrected chi connectivity index (χ0v) is 14.6. The number of rotatable bonds is 3. The molecule has 4 nitrogen and oxygen atoms in total. The van der Waals surface area contributed by atoms with E-state index in [1.165, 1.54) is 6.07 Å². The van der Waals surface area contributed by atoms with Gasteiger partial charge in [-0.2, -0.15) is 0 Å². The Balaban J connectivity index is 1.92. The van der Waals surface area contributed by atoms with Gasteiger partial charge < -0.3 is 15.4 Å². The van der Waals surface area contributed by atoms with E-state index in [2.05, 4.69) is 0 Å². The van der Waals surface area contributed by atoms with Crippen LogP contribution in [0.4, 0.5) is 9.18 Å². The molecule has 1 aromatic carbocycles. The van der Waals surface area contributed by atoms with Crippen LogP contribution in [0.25, 0.3) is 0 Å². The van der Waals surface area contributed by atoms with Crippen LogP contribution in [-0.4, -0.2) is 35.7 Å². The van der Waals surface area contributed by atoms with Gasteiger partial charge in [0.1, 0.15) is 11.4 Å². The summed E-state index contributed by atoms with van der Waals surface area (Å²) < 4.78 is 19.2. The predicted octanol–water partition coefficient (Wildman–Crippen LogP) is 3.61. The van der Waals surface area contributed by atoms with Crippen LogP contribution in [0.1, 0.15) is 32.8 Å². The van der Waals surface area contributed by atoms with Crippen molar-refractivity contribution in [3.63, 3.8) is 0 Å². The highest BCUT2D eigenvalue weighted by Crippen LogP contribution is 2.24. The molecule has 2 rings (SSSR count). The fraction of sp³-hybridized carbons (Fsp3) is 0.588. The summed E-state index contributed by atoms with van der Waals surface area (Å²) in [6.45, 7) is 6.69. The van der Waals surface area contributed by atoms with Crippen molar-refractivity contribution < 1.29 is 13.9 Å². The molecular weight excluding hydrogens is 319 g/mol. The number of ether oxygens (including phenoxy) is 1. The topological polar surface area (TPSA) is 55.6 Å². The summed E-state index contributed by atoms with van der Waals surface area (Å²) in [4.78, 5) is 13.7. The molecule has 2 atom stereocenters. The van der Waals surface area contributed by atoms with E-state index in [0.717, 1.165) is 6.42 Å². The second-order valence-corrected chi connectivity index (χ2v) is 7.52. The summed E-state index contributed by atoms with van der Waals surface area (Å²) in [5, 5.41) is 0.372. The van der Waals surface area contributed by atoms with Crippen LogP contribution in [0.15, 0.2) is 18.2 Å². The first-order chi connectivity index (χ1) is 10.7. The SMILES string of the molecule is CC(C)(C)OC(=O)N1CCC(C(N)Cc2ccc(Cl)cc2F)C1. The summed E-state index contributed by atoms with van der Waals surface area (Å²) in [7, 11) is 0. The third-order valence-electron chi connectivity index (χ3n) is 3.95. The van der Waals surface area contributed by atoms with Gasteiger partial charge in [0.2, 0.25) is 0 Å². The van der Waals surface area contributed by atoms with Crippen molar-refractivity contribution in [3.05, 3.63) is 34.6 Å². The van der Waals surface area contributed by atoms with E-state index < -0.39 is 5.60 Å². The molecule has 2 unspecified atom stereocenters. The minimum absolute atomic E-state index is 0.137. The molecule has 1 fully saturated rings. The van der Waals surface area contributed by atoms with Crippen LogP contribution in [0.2, 0.25) is 5.02 Å². The fourth-order valence-electron chi connectivity index (χ4n) is 2.74. The number of carbonyl (C=O) groups is 1. The second-order valence-electron chi connectivity index (χ2n) is 7.08. The summed E-state index contributed by atoms with van der Waals surface area (Å²) in [6, 6.07) is 4.41. The molecule has 2 N–H and O–H groups in total. The highest BCUT2D eigenvalue weighted by atomic mass is 35.5. The molecule has 1 heterocycles. The van der Waals surface area contributed by atoms with Crippen LogP contribution in [0.5, 0.6) is 0 Å². The summed E-state index contributed by atoms with van der Waals surface area (Å²) >= 11 is 5.76. The summed E-state index contributed by atoms with van der Waals surface area (Å²) in [5.74, 6) is -0.201. The third kappa shape index (κ3) is 5.08. The van der Waals surface area contributed by atoms with Gasteiger partial charge >= 0.3 is 6.09 Å². The van der Waals surface area contributed by atoms with E-state index >= 15 is 0 Å². The lowest BCUT2D eigenvalue weighted by Crippen LogP contribution is -2.38. The number of likely N-dealkylation sites (tertiary alicyclic amines) is 1. The maximum Gasteiger partial charge on any atom is 0.410 e. The molecule has 0 bridgehead atoms. The molecule has 1 aliphatic heterocycles. The smallest absolute Gasteiger partial charge is 0.410 e. The van der Waals surface area contributed by atoms with E-state index in [1.54, 1.807) is 17.0 Å². The van der Waals surface area contributed by atoms with Gasteiger partial charge in [-0.3, -0.25) is 0 Å². The van der Waals surface area contributed by atoms with Gasteiger partial charge in [0.25, 0.3) is 0 Å². The minimum Gasteiger partial charge on any atom is -0.444 e. The van der Waals surface area contributed by atoms with Crippen molar-refractivity contribution in [1.82, 2.24) is 4.90 Å². The number of hydrogen-bond acceptors (Lipinski definition) is 3. The molecule has 1 aliphatic rings. The maximum absolute atomic E-state index is 13.9. The molecule has 1 amide bonds. The molecule has 0 saturated carbocycles. The molecule has 1 saturated heterocycles. The Hall–Kier alpha value is -1.33. The lowest BCUT2D eigenvalue weighted by atomic mass is 9.93. The number of amides is 1. The maximum atomic E-state index is 13.9. The van der Waals surface area contributed by atoms with Crippen LogP contribution in [-0.2, 0) is 11.2 Å². The Labute approximate surface area is 141 Å². The Kier molecular flexibility index (Phi) is 5.53. The van der Waals surface area contributed by atoms with E-state index in [0.29, 0.717) is 30.1 Å². The van der Waals surface area contributed by atoms with Crippen LogP contribution in [0.3, 0.4) is 0 Å². The molecule has 0 spiro atoms. The largest absolute Gasteiger partial charge is 0.444 e. The molecule has 0 radical (unpaired) electrons. The minimum atomic E-state index is -0.510. The quantitative estimate of drug-likeness (QED) is 0.913. The molecule has 0 aliphatic carbocycles. The second kappa shape index (κ2) is 7.05. The van der Waals surface area contributed by atoms with Gasteiger partial charge in [-0.15, -0.1) is 0 Å². The van der Waals surface area contributed by atoms with E-state index in [1.807, 2.05) is 20.8 Å². The molecule has 23 heavy (non-hydrogen) atoms. The van der Waals surface area contributed by atoms with Crippen LogP contribution < -0.4 is 5.73 Å². The Morgan fingerprint density at radius 2 is 2.22 bits per heavy atom. The van der Waals surface area contributed by atoms with Crippen molar-refractivity contribution in [2.24, 2.45) is 11.7 Å². The first-order valence-corrected chi connectivity index (χ1v) is 8.21. The molecule has 128 valence electrons. The van der Waals surface area contributed by atoms with E-state index in [-0.39, 0.29) is 23.9 Å². The zero-order valence-electron chi connectivity index (χ0n) is 13.8. The van der Waals surface area contributed by atoms with Crippen molar-refractivity contribution in [2.75, 3.05) is 13.1 Å². The van der Waals surface area contributed by atoms with Gasteiger partial charge in [0, 0.05) is 24.2 Å². The molecule has 0 aromatic heterocycles. The Bertz CT molecular complexity index is 574. The average molecular weight is 343 g/mol. The van der Waals surface area contributed by atoms with Crippen molar-refractivity contribution in [2.45, 2.75) is 45.3 Å². The number of benzene rings is 1. The first kappa shape index (κ1) is 18.0. The molecule has 6 heteroatoms. The van der Waals surface area contributed by atoms with Gasteiger partial charge in [-0.25, -0.2) is 9.18 Å².